The van der Waals surface area contributed by atoms with Crippen molar-refractivity contribution in [1.29, 1.82) is 0 Å². The molecule has 0 aromatic heterocycles. The molecule has 0 N–H and O–H groups in total. The normalized spacial score (nSPS) is 12.3. The summed E-state index contributed by atoms with van der Waals surface area (Å²) in [5.74, 6) is -0.804. The minimum absolute atomic E-state index is 0.0945. The molecule has 0 saturated carbocycles. The summed E-state index contributed by atoms with van der Waals surface area (Å²) in [6, 6.07) is 14.4. The van der Waals surface area contributed by atoms with E-state index in [0.29, 0.717) is 19.3 Å². The molecule has 0 aliphatic rings. The number of hydrogen-bond donors (Lipinski definition) is 0. The van der Waals surface area contributed by atoms with Gasteiger partial charge in [0.1, 0.15) is 0 Å². The average Bonchev–Trinajstić information content (AvgIpc) is 2.72. The fraction of sp³-hybridized carbons (Fsp3) is 0.350. The molecule has 1 atom stereocenters. The highest BCUT2D eigenvalue weighted by atomic mass is 32.2. The molecule has 2 aromatic rings. The van der Waals surface area contributed by atoms with Crippen molar-refractivity contribution in [2.24, 2.45) is 0 Å². The van der Waals surface area contributed by atoms with Crippen LogP contribution in [-0.2, 0) is 30.3 Å². The molecule has 0 fully saturated rings. The van der Waals surface area contributed by atoms with Gasteiger partial charge in [-0.05, 0) is 37.3 Å². The number of nitro groups is 1. The van der Waals surface area contributed by atoms with Crippen molar-refractivity contribution in [2.45, 2.75) is 43.6 Å². The molecule has 0 bridgehead atoms. The van der Waals surface area contributed by atoms with Crippen LogP contribution < -0.4 is 0 Å². The van der Waals surface area contributed by atoms with Crippen LogP contribution in [0.4, 0.5) is 5.69 Å². The van der Waals surface area contributed by atoms with Crippen molar-refractivity contribution < 1.29 is 27.1 Å². The first-order chi connectivity index (χ1) is 13.8. The van der Waals surface area contributed by atoms with Crippen LogP contribution in [0.5, 0.6) is 0 Å². The SMILES string of the molecule is CCCOC(=O)[C@@H](CCCc1ccccc1)OS(=O)(=O)c1ccccc1[N+](=O)[O-]. The molecule has 2 rings (SSSR count). The van der Waals surface area contributed by atoms with Crippen LogP contribution in [0.15, 0.2) is 59.5 Å². The van der Waals surface area contributed by atoms with Crippen LogP contribution in [-0.4, -0.2) is 32.0 Å². The molecule has 0 amide bonds. The third kappa shape index (κ3) is 6.65. The van der Waals surface area contributed by atoms with Gasteiger partial charge >= 0.3 is 16.1 Å². The number of esters is 1. The zero-order valence-corrected chi connectivity index (χ0v) is 16.8. The molecule has 0 spiro atoms. The van der Waals surface area contributed by atoms with Crippen molar-refractivity contribution in [3.63, 3.8) is 0 Å². The van der Waals surface area contributed by atoms with Crippen LogP contribution in [0.2, 0.25) is 0 Å². The predicted octanol–water partition coefficient (Wildman–Crippen LogP) is 3.64. The molecule has 0 radical (unpaired) electrons. The lowest BCUT2D eigenvalue weighted by Gasteiger charge is -2.16. The van der Waals surface area contributed by atoms with Crippen molar-refractivity contribution in [3.05, 3.63) is 70.3 Å². The van der Waals surface area contributed by atoms with Gasteiger partial charge in [-0.1, -0.05) is 49.4 Å². The Labute approximate surface area is 169 Å². The number of benzene rings is 2. The van der Waals surface area contributed by atoms with Crippen molar-refractivity contribution in [1.82, 2.24) is 0 Å². The van der Waals surface area contributed by atoms with Crippen LogP contribution >= 0.6 is 0 Å². The molecule has 9 heteroatoms. The Kier molecular flexibility index (Phi) is 8.29. The van der Waals surface area contributed by atoms with Gasteiger partial charge in [-0.3, -0.25) is 14.3 Å². The maximum atomic E-state index is 12.6. The van der Waals surface area contributed by atoms with Gasteiger partial charge < -0.3 is 4.74 Å². The van der Waals surface area contributed by atoms with E-state index in [4.69, 9.17) is 8.92 Å². The molecular formula is C20H23NO7S. The number of para-hydroxylation sites is 1. The summed E-state index contributed by atoms with van der Waals surface area (Å²) < 4.78 is 35.4. The van der Waals surface area contributed by atoms with Gasteiger partial charge in [0.25, 0.3) is 5.69 Å². The monoisotopic (exact) mass is 421 g/mol. The molecule has 0 unspecified atom stereocenters. The fourth-order valence-corrected chi connectivity index (χ4v) is 3.89. The molecule has 0 aliphatic carbocycles. The lowest BCUT2D eigenvalue weighted by molar-refractivity contribution is -0.387. The maximum Gasteiger partial charge on any atom is 0.336 e. The Morgan fingerprint density at radius 1 is 1.10 bits per heavy atom. The summed E-state index contributed by atoms with van der Waals surface area (Å²) >= 11 is 0. The lowest BCUT2D eigenvalue weighted by Crippen LogP contribution is -2.30. The summed E-state index contributed by atoms with van der Waals surface area (Å²) in [7, 11) is -4.54. The van der Waals surface area contributed by atoms with Crippen molar-refractivity contribution >= 4 is 21.8 Å². The second-order valence-corrected chi connectivity index (χ2v) is 7.85. The van der Waals surface area contributed by atoms with Gasteiger partial charge in [-0.2, -0.15) is 8.42 Å². The van der Waals surface area contributed by atoms with Crippen LogP contribution in [0.25, 0.3) is 0 Å². The number of carbonyl (C=O) groups excluding carboxylic acids is 1. The van der Waals surface area contributed by atoms with E-state index in [-0.39, 0.29) is 13.0 Å². The van der Waals surface area contributed by atoms with Gasteiger partial charge in [0.05, 0.1) is 11.5 Å². The first-order valence-corrected chi connectivity index (χ1v) is 10.6. The largest absolute Gasteiger partial charge is 0.464 e. The van der Waals surface area contributed by atoms with Crippen LogP contribution in [0, 0.1) is 10.1 Å². The topological polar surface area (TPSA) is 113 Å². The Hall–Kier alpha value is -2.78. The highest BCUT2D eigenvalue weighted by Crippen LogP contribution is 2.26. The Bertz CT molecular complexity index is 929. The number of nitrogens with zero attached hydrogens (tertiary/aromatic N) is 1. The summed E-state index contributed by atoms with van der Waals surface area (Å²) in [5, 5.41) is 11.2. The second-order valence-electron chi connectivity index (χ2n) is 6.31. The summed E-state index contributed by atoms with van der Waals surface area (Å²) in [5.41, 5.74) is 0.423. The number of rotatable bonds is 11. The fourth-order valence-electron chi connectivity index (χ4n) is 2.66. The maximum absolute atomic E-state index is 12.6. The van der Waals surface area contributed by atoms with E-state index in [1.807, 2.05) is 37.3 Å². The van der Waals surface area contributed by atoms with E-state index >= 15 is 0 Å². The van der Waals surface area contributed by atoms with Gasteiger partial charge in [0.15, 0.2) is 11.0 Å². The predicted molar refractivity (Wildman–Crippen MR) is 106 cm³/mol. The van der Waals surface area contributed by atoms with Gasteiger partial charge in [-0.25, -0.2) is 4.79 Å². The van der Waals surface area contributed by atoms with Crippen LogP contribution in [0.3, 0.4) is 0 Å². The summed E-state index contributed by atoms with van der Waals surface area (Å²) in [6.07, 6.45) is 0.377. The number of ether oxygens (including phenoxy) is 1. The van der Waals surface area contributed by atoms with E-state index in [9.17, 15) is 23.3 Å². The van der Waals surface area contributed by atoms with Crippen molar-refractivity contribution in [3.8, 4) is 0 Å². The van der Waals surface area contributed by atoms with E-state index in [2.05, 4.69) is 0 Å². The second kappa shape index (κ2) is 10.7. The highest BCUT2D eigenvalue weighted by Gasteiger charge is 2.32. The Balaban J connectivity index is 2.17. The molecule has 156 valence electrons. The van der Waals surface area contributed by atoms with Gasteiger partial charge in [0, 0.05) is 6.07 Å². The van der Waals surface area contributed by atoms with E-state index in [1.165, 1.54) is 12.1 Å². The Morgan fingerprint density at radius 3 is 2.41 bits per heavy atom. The third-order valence-electron chi connectivity index (χ3n) is 4.06. The quantitative estimate of drug-likeness (QED) is 0.235. The molecule has 29 heavy (non-hydrogen) atoms. The van der Waals surface area contributed by atoms with E-state index in [0.717, 1.165) is 17.7 Å². The molecule has 0 saturated heterocycles. The van der Waals surface area contributed by atoms with Gasteiger partial charge in [0.2, 0.25) is 0 Å². The van der Waals surface area contributed by atoms with E-state index < -0.39 is 37.7 Å². The minimum atomic E-state index is -4.54. The lowest BCUT2D eigenvalue weighted by atomic mass is 10.1. The molecule has 2 aromatic carbocycles. The summed E-state index contributed by atoms with van der Waals surface area (Å²) in [6.45, 7) is 1.94. The molecule has 8 nitrogen and oxygen atoms in total. The van der Waals surface area contributed by atoms with Crippen LogP contribution in [0.1, 0.15) is 31.7 Å². The third-order valence-corrected chi connectivity index (χ3v) is 5.43. The standard InChI is InChI=1S/C20H23NO7S/c1-2-15-27-20(22)18(13-8-11-16-9-4-3-5-10-16)28-29(25,26)19-14-7-6-12-17(19)21(23)24/h3-7,9-10,12,14,18H,2,8,11,13,15H2,1H3/t18-/m1/s1. The zero-order chi connectivity index (χ0) is 21.3. The molecule has 0 aliphatic heterocycles. The highest BCUT2D eigenvalue weighted by molar-refractivity contribution is 7.87. The average molecular weight is 421 g/mol. The first kappa shape index (κ1) is 22.5. The smallest absolute Gasteiger partial charge is 0.336 e. The molecule has 0 heterocycles. The molecular weight excluding hydrogens is 398 g/mol. The number of aryl methyl sites for hydroxylation is 1. The minimum Gasteiger partial charge on any atom is -0.464 e. The van der Waals surface area contributed by atoms with Crippen molar-refractivity contribution in [2.75, 3.05) is 6.61 Å². The van der Waals surface area contributed by atoms with E-state index in [1.54, 1.807) is 0 Å². The number of carbonyl (C=O) groups is 1. The Morgan fingerprint density at radius 2 is 1.76 bits per heavy atom. The number of nitro benzene ring substituents is 1. The summed E-state index contributed by atoms with van der Waals surface area (Å²) in [4.78, 5) is 22.1. The number of hydrogen-bond acceptors (Lipinski definition) is 7. The van der Waals surface area contributed by atoms with Gasteiger partial charge in [-0.15, -0.1) is 0 Å². The zero-order valence-electron chi connectivity index (χ0n) is 16.0. The first-order valence-electron chi connectivity index (χ1n) is 9.22.